The van der Waals surface area contributed by atoms with Crippen LogP contribution in [-0.2, 0) is 16.1 Å². The van der Waals surface area contributed by atoms with Crippen molar-refractivity contribution >= 4 is 18.0 Å². The predicted molar refractivity (Wildman–Crippen MR) is 122 cm³/mol. The van der Waals surface area contributed by atoms with Gasteiger partial charge < -0.3 is 24.6 Å². The van der Waals surface area contributed by atoms with Gasteiger partial charge in [-0.15, -0.1) is 0 Å². The van der Waals surface area contributed by atoms with Crippen LogP contribution in [0, 0.1) is 0 Å². The number of amides is 2. The van der Waals surface area contributed by atoms with Gasteiger partial charge in [-0.2, -0.15) is 0 Å². The Morgan fingerprint density at radius 3 is 2.35 bits per heavy atom. The summed E-state index contributed by atoms with van der Waals surface area (Å²) < 4.78 is 10.4. The molecular weight excluding hydrogens is 438 g/mol. The summed E-state index contributed by atoms with van der Waals surface area (Å²) in [6.07, 6.45) is 0.389. The van der Waals surface area contributed by atoms with Gasteiger partial charge in [-0.05, 0) is 29.2 Å². The molecule has 2 amide bonds. The molecular formula is C25H25N3O6. The molecule has 0 aliphatic heterocycles. The summed E-state index contributed by atoms with van der Waals surface area (Å²) in [6, 6.07) is 16.1. The number of carbonyl (C=O) groups excluding carboxylic acids is 2. The Morgan fingerprint density at radius 1 is 1.09 bits per heavy atom. The molecule has 34 heavy (non-hydrogen) atoms. The van der Waals surface area contributed by atoms with Gasteiger partial charge in [0.1, 0.15) is 24.1 Å². The highest BCUT2D eigenvalue weighted by Gasteiger charge is 2.29. The van der Waals surface area contributed by atoms with E-state index in [4.69, 9.17) is 14.4 Å². The molecule has 1 heterocycles. The molecule has 1 aliphatic rings. The van der Waals surface area contributed by atoms with E-state index in [1.807, 2.05) is 36.4 Å². The number of aromatic nitrogens is 1. The first-order chi connectivity index (χ1) is 16.5. The average molecular weight is 463 g/mol. The Morgan fingerprint density at radius 2 is 1.74 bits per heavy atom. The number of carbonyl (C=O) groups is 3. The number of ether oxygens (including phenoxy) is 1. The van der Waals surface area contributed by atoms with Gasteiger partial charge in [0.15, 0.2) is 0 Å². The lowest BCUT2D eigenvalue weighted by atomic mass is 9.98. The van der Waals surface area contributed by atoms with Crippen LogP contribution in [-0.4, -0.2) is 52.8 Å². The van der Waals surface area contributed by atoms with E-state index >= 15 is 0 Å². The predicted octanol–water partition coefficient (Wildman–Crippen LogP) is 3.65. The maximum absolute atomic E-state index is 12.7. The minimum Gasteiger partial charge on any atom is -0.481 e. The Bertz CT molecular complexity index is 1160. The molecule has 1 aliphatic carbocycles. The lowest BCUT2D eigenvalue weighted by molar-refractivity contribution is -0.137. The number of nitrogens with one attached hydrogen (secondary N) is 1. The highest BCUT2D eigenvalue weighted by Crippen LogP contribution is 2.44. The standard InChI is InChI=1S/C25H25N3O6/c1-2-28(12-11-23(29)30)24(31)21-15-34-27-22(21)13-26-25(32)33-14-20-18-9-5-3-7-16(18)17-8-4-6-10-19(17)20/h3-10,15,20H,2,11-14H2,1H3,(H,26,32)(H,29,30). The number of nitrogens with zero attached hydrogens (tertiary/aromatic N) is 2. The Balaban J connectivity index is 1.36. The number of carboxylic acid groups (broad SMARTS) is 1. The van der Waals surface area contributed by atoms with Crippen LogP contribution in [0.3, 0.4) is 0 Å². The number of hydrogen-bond acceptors (Lipinski definition) is 6. The molecule has 1 aromatic heterocycles. The van der Waals surface area contributed by atoms with Crippen molar-refractivity contribution in [1.82, 2.24) is 15.4 Å². The summed E-state index contributed by atoms with van der Waals surface area (Å²) >= 11 is 0. The first-order valence-corrected chi connectivity index (χ1v) is 11.0. The third kappa shape index (κ3) is 4.78. The zero-order valence-corrected chi connectivity index (χ0v) is 18.7. The molecule has 0 saturated heterocycles. The second kappa shape index (κ2) is 10.2. The molecule has 0 radical (unpaired) electrons. The Kier molecular flexibility index (Phi) is 6.91. The third-order valence-electron chi connectivity index (χ3n) is 5.88. The van der Waals surface area contributed by atoms with Crippen molar-refractivity contribution in [1.29, 1.82) is 0 Å². The minimum absolute atomic E-state index is 0.0605. The molecule has 0 saturated carbocycles. The maximum Gasteiger partial charge on any atom is 0.407 e. The van der Waals surface area contributed by atoms with E-state index in [-0.39, 0.29) is 43.3 Å². The van der Waals surface area contributed by atoms with Crippen LogP contribution in [0.5, 0.6) is 0 Å². The molecule has 2 N–H and O–H groups in total. The SMILES string of the molecule is CCN(CCC(=O)O)C(=O)c1conc1CNC(=O)OCC1c2ccccc2-c2ccccc21. The van der Waals surface area contributed by atoms with E-state index in [2.05, 4.69) is 22.6 Å². The fraction of sp³-hybridized carbons (Fsp3) is 0.280. The molecule has 4 rings (SSSR count). The molecule has 176 valence electrons. The lowest BCUT2D eigenvalue weighted by Crippen LogP contribution is -2.34. The zero-order chi connectivity index (χ0) is 24.1. The third-order valence-corrected chi connectivity index (χ3v) is 5.88. The monoisotopic (exact) mass is 463 g/mol. The number of benzene rings is 2. The molecule has 0 unspecified atom stereocenters. The summed E-state index contributed by atoms with van der Waals surface area (Å²) in [5.74, 6) is -1.46. The van der Waals surface area contributed by atoms with E-state index in [1.165, 1.54) is 11.2 Å². The van der Waals surface area contributed by atoms with Crippen LogP contribution in [0.2, 0.25) is 0 Å². The number of hydrogen-bond donors (Lipinski definition) is 2. The molecule has 3 aromatic rings. The van der Waals surface area contributed by atoms with Crippen molar-refractivity contribution in [2.75, 3.05) is 19.7 Å². The molecule has 9 heteroatoms. The highest BCUT2D eigenvalue weighted by molar-refractivity contribution is 5.95. The molecule has 2 aromatic carbocycles. The van der Waals surface area contributed by atoms with Crippen LogP contribution >= 0.6 is 0 Å². The summed E-state index contributed by atoms with van der Waals surface area (Å²) in [5.41, 5.74) is 4.92. The van der Waals surface area contributed by atoms with E-state index in [1.54, 1.807) is 6.92 Å². The summed E-state index contributed by atoms with van der Waals surface area (Å²) in [6.45, 7) is 2.25. The van der Waals surface area contributed by atoms with Gasteiger partial charge in [0, 0.05) is 19.0 Å². The average Bonchev–Trinajstić information content (AvgIpc) is 3.44. The van der Waals surface area contributed by atoms with E-state index in [9.17, 15) is 14.4 Å². The van der Waals surface area contributed by atoms with Crippen molar-refractivity contribution in [2.24, 2.45) is 0 Å². The number of fused-ring (bicyclic) bond motifs is 3. The van der Waals surface area contributed by atoms with Crippen molar-refractivity contribution in [3.05, 3.63) is 77.2 Å². The van der Waals surface area contributed by atoms with Crippen LogP contribution in [0.15, 0.2) is 59.3 Å². The minimum atomic E-state index is -0.992. The smallest absolute Gasteiger partial charge is 0.407 e. The lowest BCUT2D eigenvalue weighted by Gasteiger charge is -2.19. The fourth-order valence-electron chi connectivity index (χ4n) is 4.17. The van der Waals surface area contributed by atoms with Crippen LogP contribution < -0.4 is 5.32 Å². The van der Waals surface area contributed by atoms with Gasteiger partial charge in [-0.1, -0.05) is 53.7 Å². The largest absolute Gasteiger partial charge is 0.481 e. The second-order valence-electron chi connectivity index (χ2n) is 7.88. The van der Waals surface area contributed by atoms with E-state index in [0.29, 0.717) is 6.54 Å². The van der Waals surface area contributed by atoms with Crippen LogP contribution in [0.25, 0.3) is 11.1 Å². The van der Waals surface area contributed by atoms with Gasteiger partial charge >= 0.3 is 12.1 Å². The number of rotatable bonds is 9. The van der Waals surface area contributed by atoms with Gasteiger partial charge in [-0.3, -0.25) is 9.59 Å². The van der Waals surface area contributed by atoms with Gasteiger partial charge in [0.05, 0.1) is 13.0 Å². The van der Waals surface area contributed by atoms with Crippen LogP contribution in [0.4, 0.5) is 4.79 Å². The molecule has 0 spiro atoms. The fourth-order valence-corrected chi connectivity index (χ4v) is 4.17. The molecule has 0 fully saturated rings. The molecule has 0 atom stereocenters. The summed E-state index contributed by atoms with van der Waals surface area (Å²) in [4.78, 5) is 37.4. The van der Waals surface area contributed by atoms with Crippen molar-refractivity contribution in [3.8, 4) is 11.1 Å². The van der Waals surface area contributed by atoms with Gasteiger partial charge in [0.25, 0.3) is 5.91 Å². The maximum atomic E-state index is 12.7. The normalized spacial score (nSPS) is 12.0. The summed E-state index contributed by atoms with van der Waals surface area (Å²) in [5, 5.41) is 15.3. The number of aliphatic carboxylic acids is 1. The highest BCUT2D eigenvalue weighted by atomic mass is 16.5. The second-order valence-corrected chi connectivity index (χ2v) is 7.88. The van der Waals surface area contributed by atoms with Crippen molar-refractivity contribution in [3.63, 3.8) is 0 Å². The summed E-state index contributed by atoms with van der Waals surface area (Å²) in [7, 11) is 0. The van der Waals surface area contributed by atoms with Gasteiger partial charge in [-0.25, -0.2) is 4.79 Å². The van der Waals surface area contributed by atoms with Crippen LogP contribution in [0.1, 0.15) is 46.4 Å². The van der Waals surface area contributed by atoms with E-state index in [0.717, 1.165) is 22.3 Å². The van der Waals surface area contributed by atoms with Gasteiger partial charge in [0.2, 0.25) is 0 Å². The zero-order valence-electron chi connectivity index (χ0n) is 18.7. The molecule has 0 bridgehead atoms. The number of alkyl carbamates (subject to hydrolysis) is 1. The Labute approximate surface area is 196 Å². The first-order valence-electron chi connectivity index (χ1n) is 11.0. The van der Waals surface area contributed by atoms with Crippen molar-refractivity contribution < 1.29 is 28.8 Å². The molecule has 9 nitrogen and oxygen atoms in total. The quantitative estimate of drug-likeness (QED) is 0.497. The first kappa shape index (κ1) is 23.0. The number of carboxylic acids is 1. The topological polar surface area (TPSA) is 122 Å². The Hall–Kier alpha value is -4.14. The van der Waals surface area contributed by atoms with E-state index < -0.39 is 18.0 Å². The van der Waals surface area contributed by atoms with Crippen molar-refractivity contribution in [2.45, 2.75) is 25.8 Å².